The Morgan fingerprint density at radius 2 is 1.58 bits per heavy atom. The van der Waals surface area contributed by atoms with Crippen LogP contribution in [0.5, 0.6) is 17.4 Å². The zero-order chi connectivity index (χ0) is 44.6. The third-order valence-electron chi connectivity index (χ3n) is 11.4. The maximum absolute atomic E-state index is 13.2. The highest BCUT2D eigenvalue weighted by Crippen LogP contribution is 2.47. The van der Waals surface area contributed by atoms with Crippen molar-refractivity contribution in [1.29, 1.82) is 0 Å². The molecule has 64 heavy (non-hydrogen) atoms. The van der Waals surface area contributed by atoms with Crippen molar-refractivity contribution in [3.8, 4) is 17.4 Å². The van der Waals surface area contributed by atoms with Crippen LogP contribution in [0.1, 0.15) is 34.0 Å². The minimum absolute atomic E-state index is 0.0369. The Hall–Kier alpha value is -6.15. The number of methoxy groups -OCH3 is 2. The molecular weight excluding hydrogens is 842 g/mol. The largest absolute Gasteiger partial charge is 0.857 e. The maximum Gasteiger partial charge on any atom is 0.495 e. The minimum atomic E-state index is -4.37. The van der Waals surface area contributed by atoms with Crippen molar-refractivity contribution in [2.75, 3.05) is 39.8 Å². The molecule has 5 atom stereocenters. The number of ether oxygens (including phenoxy) is 4. The Labute approximate surface area is 368 Å². The number of imidazole rings is 2. The van der Waals surface area contributed by atoms with Crippen molar-refractivity contribution in [2.45, 2.75) is 43.3 Å². The highest BCUT2D eigenvalue weighted by Gasteiger charge is 2.56. The number of benzene rings is 4. The summed E-state index contributed by atoms with van der Waals surface area (Å²) >= 11 is 0. The van der Waals surface area contributed by atoms with E-state index in [0.717, 1.165) is 32.2 Å². The van der Waals surface area contributed by atoms with Crippen LogP contribution < -0.4 is 30.7 Å². The quantitative estimate of drug-likeness (QED) is 0.0800. The number of nitrogens with zero attached hydrogens (tertiary/aromatic N) is 7. The van der Waals surface area contributed by atoms with Crippen LogP contribution in [-0.2, 0) is 46.6 Å². The first-order valence-electron chi connectivity index (χ1n) is 20.3. The van der Waals surface area contributed by atoms with E-state index in [2.05, 4.69) is 19.9 Å². The fraction of sp³-hybridized carbons (Fsp3) is 0.273. The number of fused-ring (bicyclic) bond motifs is 2. The van der Waals surface area contributed by atoms with Gasteiger partial charge in [0.2, 0.25) is 5.95 Å². The van der Waals surface area contributed by atoms with Crippen molar-refractivity contribution in [3.63, 3.8) is 0 Å². The predicted molar refractivity (Wildman–Crippen MR) is 233 cm³/mol. The molecule has 18 nitrogen and oxygen atoms in total. The van der Waals surface area contributed by atoms with Gasteiger partial charge in [0.25, 0.3) is 0 Å². The average molecular weight is 888 g/mol. The molecule has 7 aromatic rings. The molecule has 0 spiro atoms. The zero-order valence-electron chi connectivity index (χ0n) is 35.3. The highest BCUT2D eigenvalue weighted by molar-refractivity contribution is 7.51. The SMILES string of the molecule is COc1ccc(C(OCc2ccc(CN)c(B3O[C@@H]4[C@H](O3)[C@@H](COP(=O)(O)n3ccnc3)O[C@H]4n3cnc4c([O-])nc(N(C)C)nc43)c2)(c2ccccc2)c2ccc(OC)cc2)cc1. The van der Waals surface area contributed by atoms with Crippen LogP contribution in [-0.4, -0.2) is 94.1 Å². The Balaban J connectivity index is 1.07. The maximum atomic E-state index is 13.2. The van der Waals surface area contributed by atoms with Crippen molar-refractivity contribution in [2.24, 2.45) is 5.73 Å². The summed E-state index contributed by atoms with van der Waals surface area (Å²) in [6, 6.07) is 31.4. The molecule has 5 heterocycles. The Bertz CT molecular complexity index is 2720. The molecule has 0 aliphatic carbocycles. The predicted octanol–water partition coefficient (Wildman–Crippen LogP) is 3.89. The van der Waals surface area contributed by atoms with Crippen molar-refractivity contribution in [3.05, 3.63) is 150 Å². The first-order chi connectivity index (χ1) is 31.0. The summed E-state index contributed by atoms with van der Waals surface area (Å²) < 4.78 is 59.6. The van der Waals surface area contributed by atoms with Gasteiger partial charge in [0.05, 0.1) is 33.8 Å². The lowest BCUT2D eigenvalue weighted by atomic mass is 9.75. The number of nitrogens with two attached hydrogens (primary N) is 1. The van der Waals surface area contributed by atoms with E-state index in [1.165, 1.54) is 25.0 Å². The third kappa shape index (κ3) is 8.01. The standard InChI is InChI=1S/C44H46BN8O10P/c1-51(2)43-49-40-37(41(54)50-43)48-27-53(40)42-39-38(36(61-42)25-60-64(55,56)52-21-20-47-26-52)62-45(63-39)35-22-28(10-11-29(35)23-46)24-59-44(30-8-6-5-7-9-30,31-12-16-33(57-3)17-13-31)32-14-18-34(58-4)19-15-32/h5-22,26-27,36,38-39,42H,23-25,46H2,1-4H3,(H,55,56)(H,49,50,54)/p-1/t36-,38-,39-,42-/m1/s1. The molecular formula is C44H45BN8O10P-. The summed E-state index contributed by atoms with van der Waals surface area (Å²) in [7, 11) is 1.35. The molecule has 3 N–H and O–H groups in total. The molecule has 2 fully saturated rings. The molecule has 4 aromatic carbocycles. The Kier molecular flexibility index (Phi) is 12.0. The number of aromatic nitrogens is 6. The molecule has 2 saturated heterocycles. The monoisotopic (exact) mass is 887 g/mol. The first-order valence-corrected chi connectivity index (χ1v) is 21.9. The zero-order valence-corrected chi connectivity index (χ0v) is 36.2. The van der Waals surface area contributed by atoms with Gasteiger partial charge in [0, 0.05) is 38.9 Å². The normalized spacial score (nSPS) is 19.4. The molecule has 2 aliphatic heterocycles. The van der Waals surface area contributed by atoms with Crippen LogP contribution in [0.3, 0.4) is 0 Å². The highest BCUT2D eigenvalue weighted by atomic mass is 31.2. The van der Waals surface area contributed by atoms with Crippen LogP contribution in [0.2, 0.25) is 0 Å². The van der Waals surface area contributed by atoms with Crippen LogP contribution in [0.4, 0.5) is 5.95 Å². The summed E-state index contributed by atoms with van der Waals surface area (Å²) in [4.78, 5) is 29.3. The summed E-state index contributed by atoms with van der Waals surface area (Å²) in [6.45, 7) is -0.0690. The fourth-order valence-electron chi connectivity index (χ4n) is 8.15. The minimum Gasteiger partial charge on any atom is -0.857 e. The molecule has 0 saturated carbocycles. The second kappa shape index (κ2) is 17.8. The summed E-state index contributed by atoms with van der Waals surface area (Å²) in [6.07, 6.45) is 1.75. The van der Waals surface area contributed by atoms with E-state index in [-0.39, 0.29) is 36.9 Å². The third-order valence-corrected chi connectivity index (χ3v) is 12.7. The molecule has 3 aromatic heterocycles. The Morgan fingerprint density at radius 3 is 2.20 bits per heavy atom. The van der Waals surface area contributed by atoms with Gasteiger partial charge in [0.1, 0.15) is 47.3 Å². The second-order valence-corrected chi connectivity index (χ2v) is 17.1. The number of rotatable bonds is 16. The van der Waals surface area contributed by atoms with Crippen LogP contribution in [0.15, 0.2) is 122 Å². The molecule has 330 valence electrons. The van der Waals surface area contributed by atoms with Gasteiger partial charge < -0.3 is 48.9 Å². The van der Waals surface area contributed by atoms with E-state index in [9.17, 15) is 14.6 Å². The number of anilines is 1. The first kappa shape index (κ1) is 43.1. The second-order valence-electron chi connectivity index (χ2n) is 15.4. The van der Waals surface area contributed by atoms with Gasteiger partial charge in [-0.25, -0.2) is 23.9 Å². The van der Waals surface area contributed by atoms with Crippen molar-refractivity contribution in [1.82, 2.24) is 28.8 Å². The summed E-state index contributed by atoms with van der Waals surface area (Å²) in [5.41, 5.74) is 10.4. The smallest absolute Gasteiger partial charge is 0.495 e. The topological polar surface area (TPSA) is 216 Å². The molecule has 1 unspecified atom stereocenters. The van der Waals surface area contributed by atoms with Gasteiger partial charge in [-0.2, -0.15) is 4.98 Å². The number of hydrogen-bond donors (Lipinski definition) is 2. The Morgan fingerprint density at radius 1 is 0.906 bits per heavy atom. The lowest BCUT2D eigenvalue weighted by Crippen LogP contribution is -2.39. The van der Waals surface area contributed by atoms with Gasteiger partial charge in [-0.1, -0.05) is 72.8 Å². The van der Waals surface area contributed by atoms with Gasteiger partial charge in [-0.15, -0.1) is 0 Å². The van der Waals surface area contributed by atoms with E-state index in [4.69, 9.17) is 38.5 Å². The molecule has 20 heteroatoms. The molecule has 2 aliphatic rings. The van der Waals surface area contributed by atoms with E-state index < -0.39 is 50.9 Å². The van der Waals surface area contributed by atoms with Crippen molar-refractivity contribution >= 4 is 37.4 Å². The molecule has 9 rings (SSSR count). The average Bonchev–Trinajstić information content (AvgIpc) is 4.16. The lowest BCUT2D eigenvalue weighted by Gasteiger charge is -2.36. The van der Waals surface area contributed by atoms with Crippen LogP contribution in [0.25, 0.3) is 11.2 Å². The van der Waals surface area contributed by atoms with Crippen LogP contribution >= 0.6 is 7.75 Å². The number of hydrogen-bond acceptors (Lipinski definition) is 15. The van der Waals surface area contributed by atoms with Gasteiger partial charge in [0.15, 0.2) is 11.9 Å². The van der Waals surface area contributed by atoms with E-state index in [0.29, 0.717) is 17.0 Å². The van der Waals surface area contributed by atoms with E-state index in [1.54, 1.807) is 37.8 Å². The van der Waals surface area contributed by atoms with E-state index in [1.807, 2.05) is 97.1 Å². The van der Waals surface area contributed by atoms with Crippen LogP contribution in [0, 0.1) is 0 Å². The molecule has 0 bridgehead atoms. The lowest BCUT2D eigenvalue weighted by molar-refractivity contribution is -0.272. The van der Waals surface area contributed by atoms with Crippen molar-refractivity contribution < 1.29 is 47.3 Å². The fourth-order valence-corrected chi connectivity index (χ4v) is 9.04. The van der Waals surface area contributed by atoms with Gasteiger partial charge in [-0.05, 0) is 57.5 Å². The summed E-state index contributed by atoms with van der Waals surface area (Å²) in [5.74, 6) is 1.03. The molecule has 0 radical (unpaired) electrons. The summed E-state index contributed by atoms with van der Waals surface area (Å²) in [5, 5.41) is 13.0. The van der Waals surface area contributed by atoms with Gasteiger partial charge in [-0.3, -0.25) is 9.09 Å². The van der Waals surface area contributed by atoms with E-state index >= 15 is 0 Å². The molecule has 0 amide bonds. The van der Waals surface area contributed by atoms with Gasteiger partial charge >= 0.3 is 14.9 Å².